The lowest BCUT2D eigenvalue weighted by Crippen LogP contribution is -2.68. The minimum absolute atomic E-state index is 0.0657. The molecule has 2 aliphatic carbocycles. The third-order valence-electron chi connectivity index (χ3n) is 24.3. The molecule has 0 amide bonds. The maximum Gasteiger partial charge on any atom is 0.123 e. The van der Waals surface area contributed by atoms with Crippen LogP contribution in [0, 0.1) is 22.7 Å². The molecule has 7 fully saturated rings. The molecule has 0 saturated carbocycles. The van der Waals surface area contributed by atoms with Crippen molar-refractivity contribution in [2.45, 2.75) is 188 Å². The number of piperidine rings is 2. The number of aliphatic hydroxyl groups excluding tert-OH is 2. The van der Waals surface area contributed by atoms with Crippen molar-refractivity contribution in [1.82, 2.24) is 39.5 Å². The largest absolute Gasteiger partial charge is 0.390 e. The Hall–Kier alpha value is -5.10. The Bertz CT molecular complexity index is 3500. The van der Waals surface area contributed by atoms with E-state index in [0.717, 1.165) is 159 Å². The number of para-hydroxylation sites is 2. The maximum absolute atomic E-state index is 14.3. The van der Waals surface area contributed by atoms with Crippen molar-refractivity contribution in [3.63, 3.8) is 0 Å². The molecule has 10 bridgehead atoms. The van der Waals surface area contributed by atoms with Crippen LogP contribution in [0.2, 0.25) is 0 Å². The van der Waals surface area contributed by atoms with Crippen molar-refractivity contribution in [2.24, 2.45) is 22.7 Å². The number of aliphatic hydroxyl groups is 4. The van der Waals surface area contributed by atoms with Gasteiger partial charge in [0.1, 0.15) is 11.4 Å². The number of nitrogens with one attached hydrogen (secondary N) is 2. The van der Waals surface area contributed by atoms with Crippen molar-refractivity contribution in [1.29, 1.82) is 0 Å². The van der Waals surface area contributed by atoms with Crippen LogP contribution < -0.4 is 0 Å². The highest BCUT2D eigenvalue weighted by Crippen LogP contribution is 2.68. The van der Waals surface area contributed by atoms with Crippen LogP contribution in [0.5, 0.6) is 0 Å². The molecule has 4 spiro atoms. The molecule has 16 unspecified atom stereocenters. The molecule has 2 aromatic carbocycles. The number of pyridine rings is 2. The van der Waals surface area contributed by atoms with Gasteiger partial charge in [-0.1, -0.05) is 60.7 Å². The average molecular weight is 1160 g/mol. The molecule has 6 aromatic rings. The molecule has 13 heterocycles. The van der Waals surface area contributed by atoms with E-state index < -0.39 is 57.9 Å². The third-order valence-corrected chi connectivity index (χ3v) is 24.3. The van der Waals surface area contributed by atoms with Crippen LogP contribution in [0.25, 0.3) is 54.8 Å². The van der Waals surface area contributed by atoms with Crippen LogP contribution in [0.4, 0.5) is 0 Å². The number of aromatic nitrogens is 4. The molecule has 11 aliphatic rings. The molecule has 0 radical (unpaired) electrons. The summed E-state index contributed by atoms with van der Waals surface area (Å²) < 4.78 is 16.3. The SMILES string of the molecule is OC1CCN2C3C4(O)C=C(c5nccc6c5[nH]c5ccccc56)C5CCN(CCCCC=CCC4)CC53CC23CCC1OC12CCC(O3)C(O)CCN1C1C3(O)C=C(c4nccc5c4[nH]c4ccccc45)C4CCN(CCCCC=CCC3)CC41C2. The van der Waals surface area contributed by atoms with Crippen LogP contribution in [0.1, 0.15) is 140 Å². The number of nitrogens with zero attached hydrogens (tertiary/aromatic N) is 6. The fraction of sp³-hybridized carbons (Fsp3) is 0.583. The molecule has 7 saturated heterocycles. The highest BCUT2D eigenvalue weighted by Gasteiger charge is 2.74. The summed E-state index contributed by atoms with van der Waals surface area (Å²) in [5.74, 6) is 0.131. The fourth-order valence-corrected chi connectivity index (χ4v) is 21.1. The van der Waals surface area contributed by atoms with Gasteiger partial charge in [-0.25, -0.2) is 0 Å². The number of rotatable bonds is 2. The fourth-order valence-electron chi connectivity index (χ4n) is 21.1. The van der Waals surface area contributed by atoms with Crippen molar-refractivity contribution >= 4 is 54.8 Å². The molecule has 4 aromatic heterocycles. The standard InChI is InChI=1S/C72H88N8O6/c81-57-27-39-79-65-67(45-77-35-15-7-3-1-5-13-29-69(65,83)41-51(53(67)25-37-77)61-63-49(23-33-73-61)47-17-9-11-19-55(47)75-63)43-71(79)31-21-60(57)86-72-32-22-59(85-71)58(82)28-40-80(72)66-68(44-72)46-78-36-16-8-4-2-6-14-30-70(66,84)42-52(54(68)26-38-78)62-64-50(24-34-74-62)48-18-10-12-20-56(48)76-64/h1-2,5-6,9-12,17-20,23-24,33-34,41-42,53-54,57-60,65-66,75-76,81-84H,3-4,7-8,13-16,21-22,25-32,35-40,43-46H2. The predicted molar refractivity (Wildman–Crippen MR) is 337 cm³/mol. The Morgan fingerprint density at radius 3 is 1.41 bits per heavy atom. The summed E-state index contributed by atoms with van der Waals surface area (Å²) in [6.45, 7) is 6.64. The van der Waals surface area contributed by atoms with E-state index in [1.807, 2.05) is 12.4 Å². The van der Waals surface area contributed by atoms with Gasteiger partial charge in [0.2, 0.25) is 0 Å². The summed E-state index contributed by atoms with van der Waals surface area (Å²) in [7, 11) is 0. The monoisotopic (exact) mass is 1160 g/mol. The van der Waals surface area contributed by atoms with Crippen LogP contribution in [-0.4, -0.2) is 171 Å². The molecular weight excluding hydrogens is 1070 g/mol. The lowest BCUT2D eigenvalue weighted by atomic mass is 9.54. The van der Waals surface area contributed by atoms with Crippen molar-refractivity contribution in [2.75, 3.05) is 52.4 Å². The molecule has 86 heavy (non-hydrogen) atoms. The number of fused-ring (bicyclic) bond motifs is 12. The van der Waals surface area contributed by atoms with E-state index in [2.05, 4.69) is 127 Å². The smallest absolute Gasteiger partial charge is 0.123 e. The van der Waals surface area contributed by atoms with Gasteiger partial charge in [-0.05, 0) is 214 Å². The van der Waals surface area contributed by atoms with Crippen molar-refractivity contribution in [3.05, 3.63) is 121 Å². The summed E-state index contributed by atoms with van der Waals surface area (Å²) in [5, 5.41) is 59.5. The van der Waals surface area contributed by atoms with Gasteiger partial charge in [0.25, 0.3) is 0 Å². The van der Waals surface area contributed by atoms with Crippen LogP contribution in [-0.2, 0) is 9.47 Å². The zero-order valence-corrected chi connectivity index (χ0v) is 50.1. The first kappa shape index (κ1) is 55.0. The molecular formula is C72H88N8O6. The molecule has 17 rings (SSSR count). The van der Waals surface area contributed by atoms with Gasteiger partial charge in [-0.3, -0.25) is 19.8 Å². The number of H-pyrrole nitrogens is 2. The van der Waals surface area contributed by atoms with E-state index in [0.29, 0.717) is 77.3 Å². The summed E-state index contributed by atoms with van der Waals surface area (Å²) >= 11 is 0. The zero-order chi connectivity index (χ0) is 57.6. The summed E-state index contributed by atoms with van der Waals surface area (Å²) in [4.78, 5) is 28.8. The number of allylic oxidation sites excluding steroid dienone is 6. The number of hydrogen-bond donors (Lipinski definition) is 6. The molecule has 14 heteroatoms. The second-order valence-electron chi connectivity index (χ2n) is 28.9. The van der Waals surface area contributed by atoms with Gasteiger partial charge < -0.3 is 49.7 Å². The quantitative estimate of drug-likeness (QED) is 0.0909. The Kier molecular flexibility index (Phi) is 13.3. The summed E-state index contributed by atoms with van der Waals surface area (Å²) in [5.41, 5.74) is 3.19. The molecule has 452 valence electrons. The van der Waals surface area contributed by atoms with Gasteiger partial charge >= 0.3 is 0 Å². The second-order valence-corrected chi connectivity index (χ2v) is 28.9. The first-order valence-corrected chi connectivity index (χ1v) is 33.6. The molecule has 9 aliphatic heterocycles. The van der Waals surface area contributed by atoms with E-state index in [9.17, 15) is 20.4 Å². The first-order chi connectivity index (χ1) is 42.0. The van der Waals surface area contributed by atoms with E-state index in [-0.39, 0.29) is 23.9 Å². The number of aromatic amines is 2. The molecule has 14 nitrogen and oxygen atoms in total. The molecule has 16 atom stereocenters. The second kappa shape index (κ2) is 20.7. The highest BCUT2D eigenvalue weighted by atomic mass is 16.6. The normalized spacial score (nSPS) is 41.3. The number of hydrogen-bond acceptors (Lipinski definition) is 12. The Labute approximate surface area is 505 Å². The van der Waals surface area contributed by atoms with E-state index in [1.54, 1.807) is 0 Å². The van der Waals surface area contributed by atoms with E-state index in [4.69, 9.17) is 19.4 Å². The molecule has 6 N–H and O–H groups in total. The number of benzene rings is 2. The van der Waals surface area contributed by atoms with Gasteiger partial charge in [-0.15, -0.1) is 0 Å². The third kappa shape index (κ3) is 8.39. The van der Waals surface area contributed by atoms with Crippen LogP contribution in [0.15, 0.2) is 110 Å². The van der Waals surface area contributed by atoms with E-state index >= 15 is 0 Å². The summed E-state index contributed by atoms with van der Waals surface area (Å²) in [6, 6.07) is 20.7. The predicted octanol–water partition coefficient (Wildman–Crippen LogP) is 10.8. The first-order valence-electron chi connectivity index (χ1n) is 33.6. The zero-order valence-electron chi connectivity index (χ0n) is 50.1. The van der Waals surface area contributed by atoms with Crippen molar-refractivity contribution in [3.8, 4) is 0 Å². The van der Waals surface area contributed by atoms with Gasteiger partial charge in [0.05, 0.1) is 70.1 Å². The summed E-state index contributed by atoms with van der Waals surface area (Å²) in [6.07, 6.45) is 30.8. The average Bonchev–Trinajstić information content (AvgIpc) is 1.52. The topological polar surface area (TPSA) is 170 Å². The maximum atomic E-state index is 14.3. The Balaban J connectivity index is 0.790. The number of ether oxygens (including phenoxy) is 2. The Morgan fingerprint density at radius 2 is 0.930 bits per heavy atom. The van der Waals surface area contributed by atoms with Gasteiger partial charge in [0, 0.05) is 82.0 Å². The van der Waals surface area contributed by atoms with Crippen LogP contribution >= 0.6 is 0 Å². The Morgan fingerprint density at radius 1 is 0.477 bits per heavy atom. The van der Waals surface area contributed by atoms with Gasteiger partial charge in [0.15, 0.2) is 0 Å². The van der Waals surface area contributed by atoms with E-state index in [1.165, 1.54) is 10.8 Å². The minimum atomic E-state index is -1.27. The lowest BCUT2D eigenvalue weighted by Gasteiger charge is -2.58. The van der Waals surface area contributed by atoms with Gasteiger partial charge in [-0.2, -0.15) is 0 Å². The highest BCUT2D eigenvalue weighted by molar-refractivity contribution is 6.11. The van der Waals surface area contributed by atoms with Crippen LogP contribution in [0.3, 0.4) is 0 Å². The minimum Gasteiger partial charge on any atom is -0.390 e. The van der Waals surface area contributed by atoms with Crippen molar-refractivity contribution < 1.29 is 29.9 Å². The lowest BCUT2D eigenvalue weighted by molar-refractivity contribution is -0.271.